The van der Waals surface area contributed by atoms with E-state index in [1.165, 1.54) is 0 Å². The van der Waals surface area contributed by atoms with Gasteiger partial charge in [-0.25, -0.2) is 9.97 Å². The zero-order chi connectivity index (χ0) is 19.7. The highest BCUT2D eigenvalue weighted by molar-refractivity contribution is 6.61. The van der Waals surface area contributed by atoms with Gasteiger partial charge >= 0.3 is 13.1 Å². The first kappa shape index (κ1) is 20.1. The summed E-state index contributed by atoms with van der Waals surface area (Å²) in [4.78, 5) is 22.3. The Morgan fingerprint density at radius 1 is 1.22 bits per heavy atom. The predicted molar refractivity (Wildman–Crippen MR) is 103 cm³/mol. The molecule has 0 saturated carbocycles. The molecule has 3 heterocycles. The van der Waals surface area contributed by atoms with Crippen molar-refractivity contribution in [3.8, 4) is 6.01 Å². The van der Waals surface area contributed by atoms with E-state index in [0.717, 1.165) is 37.7 Å². The van der Waals surface area contributed by atoms with Crippen molar-refractivity contribution in [2.24, 2.45) is 0 Å². The molecule has 0 N–H and O–H groups in total. The number of nitrogens with zero attached hydrogens (tertiary/aromatic N) is 3. The first-order valence-corrected chi connectivity index (χ1v) is 9.77. The highest BCUT2D eigenvalue weighted by atomic mass is 16.7. The SMILES string of the molecule is CC(=O)N1CCCC[C@H]1CCOc1ncc(B2OC(C)(C)C(C)(C)O2)cn1. The average Bonchev–Trinajstić information content (AvgIpc) is 2.83. The van der Waals surface area contributed by atoms with Crippen LogP contribution in [-0.2, 0) is 14.1 Å². The van der Waals surface area contributed by atoms with Gasteiger partial charge in [0.2, 0.25) is 5.91 Å². The smallest absolute Gasteiger partial charge is 0.463 e. The number of hydrogen-bond donors (Lipinski definition) is 0. The third-order valence-corrected chi connectivity index (χ3v) is 5.89. The molecule has 3 rings (SSSR count). The summed E-state index contributed by atoms with van der Waals surface area (Å²) in [6.07, 6.45) is 7.45. The molecule has 2 aliphatic rings. The van der Waals surface area contributed by atoms with Gasteiger partial charge in [0.1, 0.15) is 0 Å². The van der Waals surface area contributed by atoms with Crippen LogP contribution in [0, 0.1) is 0 Å². The maximum absolute atomic E-state index is 11.7. The molecule has 1 atom stereocenters. The molecule has 7 nitrogen and oxygen atoms in total. The molecule has 1 aromatic rings. The molecule has 27 heavy (non-hydrogen) atoms. The van der Waals surface area contributed by atoms with Gasteiger partial charge in [-0.1, -0.05) is 0 Å². The van der Waals surface area contributed by atoms with E-state index in [1.807, 2.05) is 32.6 Å². The van der Waals surface area contributed by atoms with Crippen molar-refractivity contribution in [1.29, 1.82) is 0 Å². The molecule has 8 heteroatoms. The zero-order valence-corrected chi connectivity index (χ0v) is 17.0. The van der Waals surface area contributed by atoms with E-state index in [2.05, 4.69) is 9.97 Å². The van der Waals surface area contributed by atoms with Crippen LogP contribution in [0.25, 0.3) is 0 Å². The molecular weight excluding hydrogens is 345 g/mol. The molecule has 0 unspecified atom stereocenters. The second-order valence-electron chi connectivity index (χ2n) is 8.39. The second kappa shape index (κ2) is 7.76. The number of rotatable bonds is 5. The van der Waals surface area contributed by atoms with E-state index >= 15 is 0 Å². The highest BCUT2D eigenvalue weighted by Gasteiger charge is 2.51. The normalized spacial score (nSPS) is 24.1. The Hall–Kier alpha value is -1.67. The second-order valence-corrected chi connectivity index (χ2v) is 8.39. The number of likely N-dealkylation sites (tertiary alicyclic amines) is 1. The molecule has 2 fully saturated rings. The van der Waals surface area contributed by atoms with Gasteiger partial charge in [0, 0.05) is 43.8 Å². The lowest BCUT2D eigenvalue weighted by atomic mass is 9.81. The maximum Gasteiger partial charge on any atom is 0.498 e. The van der Waals surface area contributed by atoms with Gasteiger partial charge in [-0.2, -0.15) is 0 Å². The van der Waals surface area contributed by atoms with Crippen molar-refractivity contribution in [2.45, 2.75) is 77.5 Å². The Labute approximate surface area is 161 Å². The van der Waals surface area contributed by atoms with Crippen molar-refractivity contribution in [1.82, 2.24) is 14.9 Å². The van der Waals surface area contributed by atoms with Crippen molar-refractivity contribution in [3.63, 3.8) is 0 Å². The van der Waals surface area contributed by atoms with E-state index in [-0.39, 0.29) is 11.9 Å². The number of aromatic nitrogens is 2. The molecule has 2 aliphatic heterocycles. The minimum atomic E-state index is -0.476. The first-order chi connectivity index (χ1) is 12.7. The number of amides is 1. The molecule has 2 saturated heterocycles. The number of carbonyl (C=O) groups excluding carboxylic acids is 1. The predicted octanol–water partition coefficient (Wildman–Crippen LogP) is 1.95. The lowest BCUT2D eigenvalue weighted by molar-refractivity contribution is -0.132. The van der Waals surface area contributed by atoms with Gasteiger partial charge in [0.05, 0.1) is 17.8 Å². The molecular formula is C19H30BN3O4. The van der Waals surface area contributed by atoms with E-state index in [4.69, 9.17) is 14.0 Å². The van der Waals surface area contributed by atoms with Crippen LogP contribution in [0.1, 0.15) is 60.3 Å². The number of piperidine rings is 1. The van der Waals surface area contributed by atoms with Gasteiger partial charge in [0.25, 0.3) is 0 Å². The third-order valence-electron chi connectivity index (χ3n) is 5.89. The molecule has 0 spiro atoms. The Balaban J connectivity index is 1.52. The largest absolute Gasteiger partial charge is 0.498 e. The third kappa shape index (κ3) is 4.43. The summed E-state index contributed by atoms with van der Waals surface area (Å²) in [6.45, 7) is 11.0. The standard InChI is InChI=1S/C19H30BN3O4/c1-14(24)23-10-7-6-8-16(23)9-11-25-17-21-12-15(13-22-17)20-26-18(2,3)19(4,5)27-20/h12-13,16H,6-11H2,1-5H3/t16-/m0/s1. The van der Waals surface area contributed by atoms with Crippen LogP contribution in [0.15, 0.2) is 12.4 Å². The van der Waals surface area contributed by atoms with E-state index in [0.29, 0.717) is 12.6 Å². The molecule has 0 aromatic carbocycles. The molecule has 1 aromatic heterocycles. The summed E-state index contributed by atoms with van der Waals surface area (Å²) in [5.74, 6) is 0.141. The summed E-state index contributed by atoms with van der Waals surface area (Å²) in [6, 6.07) is 0.584. The van der Waals surface area contributed by atoms with Crippen LogP contribution >= 0.6 is 0 Å². The van der Waals surface area contributed by atoms with Gasteiger partial charge in [-0.15, -0.1) is 0 Å². The minimum absolute atomic E-state index is 0.141. The van der Waals surface area contributed by atoms with E-state index < -0.39 is 18.3 Å². The lowest BCUT2D eigenvalue weighted by Gasteiger charge is -2.35. The van der Waals surface area contributed by atoms with Crippen LogP contribution in [0.2, 0.25) is 0 Å². The minimum Gasteiger partial charge on any atom is -0.463 e. The van der Waals surface area contributed by atoms with Gasteiger partial charge in [-0.3, -0.25) is 4.79 Å². The summed E-state index contributed by atoms with van der Waals surface area (Å²) >= 11 is 0. The molecule has 0 radical (unpaired) electrons. The zero-order valence-electron chi connectivity index (χ0n) is 17.0. The summed E-state index contributed by atoms with van der Waals surface area (Å²) in [7, 11) is -0.476. The van der Waals surface area contributed by atoms with Crippen LogP contribution < -0.4 is 10.2 Å². The Morgan fingerprint density at radius 2 is 1.85 bits per heavy atom. The lowest BCUT2D eigenvalue weighted by Crippen LogP contribution is -2.43. The monoisotopic (exact) mass is 375 g/mol. The molecule has 1 amide bonds. The van der Waals surface area contributed by atoms with Crippen molar-refractivity contribution in [2.75, 3.05) is 13.2 Å². The molecule has 0 bridgehead atoms. The Kier molecular flexibility index (Phi) is 5.77. The van der Waals surface area contributed by atoms with Crippen LogP contribution in [0.5, 0.6) is 6.01 Å². The van der Waals surface area contributed by atoms with E-state index in [1.54, 1.807) is 19.3 Å². The highest BCUT2D eigenvalue weighted by Crippen LogP contribution is 2.36. The van der Waals surface area contributed by atoms with E-state index in [9.17, 15) is 4.79 Å². The van der Waals surface area contributed by atoms with Gasteiger partial charge in [0.15, 0.2) is 0 Å². The fourth-order valence-electron chi connectivity index (χ4n) is 3.50. The fourth-order valence-corrected chi connectivity index (χ4v) is 3.50. The van der Waals surface area contributed by atoms with Gasteiger partial charge in [-0.05, 0) is 47.0 Å². The van der Waals surface area contributed by atoms with Crippen LogP contribution in [0.4, 0.5) is 0 Å². The van der Waals surface area contributed by atoms with Crippen molar-refractivity contribution >= 4 is 18.5 Å². The first-order valence-electron chi connectivity index (χ1n) is 9.77. The Morgan fingerprint density at radius 3 is 2.44 bits per heavy atom. The maximum atomic E-state index is 11.7. The Bertz CT molecular complexity index is 649. The van der Waals surface area contributed by atoms with Crippen LogP contribution in [-0.4, -0.2) is 58.3 Å². The number of carbonyl (C=O) groups is 1. The van der Waals surface area contributed by atoms with Crippen molar-refractivity contribution < 1.29 is 18.8 Å². The average molecular weight is 375 g/mol. The number of ether oxygens (including phenoxy) is 1. The van der Waals surface area contributed by atoms with Crippen molar-refractivity contribution in [3.05, 3.63) is 12.4 Å². The number of hydrogen-bond acceptors (Lipinski definition) is 6. The summed E-state index contributed by atoms with van der Waals surface area (Å²) in [5.41, 5.74) is -0.0128. The topological polar surface area (TPSA) is 73.8 Å². The van der Waals surface area contributed by atoms with Crippen LogP contribution in [0.3, 0.4) is 0 Å². The summed E-state index contributed by atoms with van der Waals surface area (Å²) < 4.78 is 17.7. The fraction of sp³-hybridized carbons (Fsp3) is 0.737. The quantitative estimate of drug-likeness (QED) is 0.733. The molecule has 148 valence electrons. The summed E-state index contributed by atoms with van der Waals surface area (Å²) in [5, 5.41) is 0. The van der Waals surface area contributed by atoms with Gasteiger partial charge < -0.3 is 18.9 Å². The molecule has 0 aliphatic carbocycles.